The Bertz CT molecular complexity index is 375. The number of carbonyl (C=O) groups is 1. The summed E-state index contributed by atoms with van der Waals surface area (Å²) in [4.78, 5) is 11.1. The van der Waals surface area contributed by atoms with Gasteiger partial charge in [0.05, 0.1) is 0 Å². The van der Waals surface area contributed by atoms with Gasteiger partial charge in [-0.25, -0.2) is 8.78 Å². The molecule has 0 saturated heterocycles. The lowest BCUT2D eigenvalue weighted by molar-refractivity contribution is 0.0998. The van der Waals surface area contributed by atoms with Crippen LogP contribution in [0, 0.1) is 6.92 Å². The number of hydrogen-bond acceptors (Lipinski definition) is 1. The van der Waals surface area contributed by atoms with E-state index in [9.17, 15) is 13.6 Å². The Balaban J connectivity index is 3.44. The molecule has 0 fully saturated rings. The average molecular weight is 263 g/mol. The molecule has 0 atom stereocenters. The van der Waals surface area contributed by atoms with E-state index in [0.717, 1.165) is 0 Å². The van der Waals surface area contributed by atoms with Gasteiger partial charge in [-0.3, -0.25) is 4.79 Å². The lowest BCUT2D eigenvalue weighted by atomic mass is 10.0. The first-order valence-corrected chi connectivity index (χ1v) is 4.82. The summed E-state index contributed by atoms with van der Waals surface area (Å²) in [6.45, 7) is 2.99. The molecule has 0 saturated carbocycles. The van der Waals surface area contributed by atoms with Gasteiger partial charge < -0.3 is 0 Å². The van der Waals surface area contributed by atoms with Gasteiger partial charge in [-0.05, 0) is 31.5 Å². The minimum atomic E-state index is -2.62. The Morgan fingerprint density at radius 3 is 2.43 bits per heavy atom. The number of hydrogen-bond donors (Lipinski definition) is 0. The summed E-state index contributed by atoms with van der Waals surface area (Å²) in [5, 5.41) is 0. The van der Waals surface area contributed by atoms with E-state index >= 15 is 0 Å². The van der Waals surface area contributed by atoms with Gasteiger partial charge in [0.1, 0.15) is 0 Å². The van der Waals surface area contributed by atoms with Crippen molar-refractivity contribution < 1.29 is 13.6 Å². The van der Waals surface area contributed by atoms with Gasteiger partial charge in [0.15, 0.2) is 5.78 Å². The molecule has 1 rings (SSSR count). The van der Waals surface area contributed by atoms with Crippen molar-refractivity contribution in [2.24, 2.45) is 0 Å². The summed E-state index contributed by atoms with van der Waals surface area (Å²) in [5.41, 5.74) is 0.576. The first-order valence-electron chi connectivity index (χ1n) is 4.02. The van der Waals surface area contributed by atoms with Crippen molar-refractivity contribution >= 4 is 21.7 Å². The fraction of sp³-hybridized carbons (Fsp3) is 0.300. The molecule has 1 aromatic rings. The minimum absolute atomic E-state index is 0.0746. The van der Waals surface area contributed by atoms with Crippen LogP contribution in [0.3, 0.4) is 0 Å². The molecule has 0 spiro atoms. The van der Waals surface area contributed by atoms with Gasteiger partial charge in [0.2, 0.25) is 0 Å². The SMILES string of the molecule is CC(=O)c1c(Br)cc(C)cc1C(F)F. The number of rotatable bonds is 2. The van der Waals surface area contributed by atoms with Gasteiger partial charge in [-0.2, -0.15) is 0 Å². The smallest absolute Gasteiger partial charge is 0.264 e. The number of halogens is 3. The molecule has 1 nitrogen and oxygen atoms in total. The maximum Gasteiger partial charge on any atom is 0.264 e. The first kappa shape index (κ1) is 11.3. The Kier molecular flexibility index (Phi) is 3.37. The molecule has 76 valence electrons. The van der Waals surface area contributed by atoms with E-state index < -0.39 is 6.43 Å². The number of carbonyl (C=O) groups excluding carboxylic acids is 1. The number of ketones is 1. The van der Waals surface area contributed by atoms with Gasteiger partial charge >= 0.3 is 0 Å². The van der Waals surface area contributed by atoms with E-state index in [-0.39, 0.29) is 16.9 Å². The molecular formula is C10H9BrF2O. The van der Waals surface area contributed by atoms with E-state index in [2.05, 4.69) is 15.9 Å². The van der Waals surface area contributed by atoms with Crippen LogP contribution in [0.15, 0.2) is 16.6 Å². The average Bonchev–Trinajstić information content (AvgIpc) is 2.01. The minimum Gasteiger partial charge on any atom is -0.294 e. The van der Waals surface area contributed by atoms with Crippen LogP contribution >= 0.6 is 15.9 Å². The van der Waals surface area contributed by atoms with Crippen molar-refractivity contribution in [1.29, 1.82) is 0 Å². The second-order valence-electron chi connectivity index (χ2n) is 3.07. The maximum atomic E-state index is 12.6. The van der Waals surface area contributed by atoms with Crippen LogP contribution < -0.4 is 0 Å². The Hall–Kier alpha value is -0.770. The predicted octanol–water partition coefficient (Wildman–Crippen LogP) is 3.90. The molecule has 0 aromatic heterocycles. The molecule has 0 aliphatic rings. The highest BCUT2D eigenvalue weighted by atomic mass is 79.9. The second-order valence-corrected chi connectivity index (χ2v) is 3.92. The fourth-order valence-electron chi connectivity index (χ4n) is 1.31. The van der Waals surface area contributed by atoms with Crippen LogP contribution in [0.25, 0.3) is 0 Å². The van der Waals surface area contributed by atoms with Crippen molar-refractivity contribution in [3.05, 3.63) is 33.3 Å². The van der Waals surface area contributed by atoms with Crippen molar-refractivity contribution in [3.8, 4) is 0 Å². The van der Waals surface area contributed by atoms with Gasteiger partial charge in [-0.15, -0.1) is 0 Å². The molecule has 0 bridgehead atoms. The van der Waals surface area contributed by atoms with E-state index in [1.165, 1.54) is 13.0 Å². The van der Waals surface area contributed by atoms with Crippen LogP contribution in [0.5, 0.6) is 0 Å². The van der Waals surface area contributed by atoms with Crippen molar-refractivity contribution in [2.75, 3.05) is 0 Å². The van der Waals surface area contributed by atoms with Crippen LogP contribution in [-0.4, -0.2) is 5.78 Å². The summed E-state index contributed by atoms with van der Waals surface area (Å²) >= 11 is 3.11. The van der Waals surface area contributed by atoms with E-state index in [0.29, 0.717) is 10.0 Å². The summed E-state index contributed by atoms with van der Waals surface area (Å²) in [6, 6.07) is 2.99. The quantitative estimate of drug-likeness (QED) is 0.739. The molecule has 0 radical (unpaired) electrons. The topological polar surface area (TPSA) is 17.1 Å². The lowest BCUT2D eigenvalue weighted by Crippen LogP contribution is -2.02. The van der Waals surface area contributed by atoms with E-state index in [4.69, 9.17) is 0 Å². The largest absolute Gasteiger partial charge is 0.294 e. The highest BCUT2D eigenvalue weighted by molar-refractivity contribution is 9.10. The third-order valence-electron chi connectivity index (χ3n) is 1.85. The fourth-order valence-corrected chi connectivity index (χ4v) is 2.18. The standard InChI is InChI=1S/C10H9BrF2O/c1-5-3-7(10(12)13)9(6(2)14)8(11)4-5/h3-4,10H,1-2H3. The van der Waals surface area contributed by atoms with E-state index in [1.807, 2.05) is 0 Å². The Morgan fingerprint density at radius 1 is 1.43 bits per heavy atom. The van der Waals surface area contributed by atoms with Crippen LogP contribution in [-0.2, 0) is 0 Å². The molecule has 14 heavy (non-hydrogen) atoms. The molecule has 0 amide bonds. The number of Topliss-reactive ketones (excluding diaryl/α,β-unsaturated/α-hetero) is 1. The second kappa shape index (κ2) is 4.17. The van der Waals surface area contributed by atoms with Crippen molar-refractivity contribution in [1.82, 2.24) is 0 Å². The highest BCUT2D eigenvalue weighted by Gasteiger charge is 2.18. The summed E-state index contributed by atoms with van der Waals surface area (Å²) < 4.78 is 25.6. The molecule has 4 heteroatoms. The lowest BCUT2D eigenvalue weighted by Gasteiger charge is -2.09. The molecule has 0 N–H and O–H groups in total. The van der Waals surface area contributed by atoms with Gasteiger partial charge in [0.25, 0.3) is 6.43 Å². The van der Waals surface area contributed by atoms with Crippen LogP contribution in [0.4, 0.5) is 8.78 Å². The third kappa shape index (κ3) is 2.18. The Morgan fingerprint density at radius 2 is 2.00 bits per heavy atom. The van der Waals surface area contributed by atoms with Gasteiger partial charge in [-0.1, -0.05) is 15.9 Å². The van der Waals surface area contributed by atoms with Crippen LogP contribution in [0.2, 0.25) is 0 Å². The zero-order chi connectivity index (χ0) is 10.9. The van der Waals surface area contributed by atoms with Gasteiger partial charge in [0, 0.05) is 15.6 Å². The molecular weight excluding hydrogens is 254 g/mol. The first-order chi connectivity index (χ1) is 6.43. The molecule has 0 aliphatic carbocycles. The Labute approximate surface area is 89.3 Å². The van der Waals surface area contributed by atoms with Crippen molar-refractivity contribution in [3.63, 3.8) is 0 Å². The zero-order valence-electron chi connectivity index (χ0n) is 7.77. The normalized spacial score (nSPS) is 10.7. The maximum absolute atomic E-state index is 12.6. The molecule has 0 unspecified atom stereocenters. The summed E-state index contributed by atoms with van der Waals surface area (Å²) in [7, 11) is 0. The van der Waals surface area contributed by atoms with Crippen molar-refractivity contribution in [2.45, 2.75) is 20.3 Å². The van der Waals surface area contributed by atoms with E-state index in [1.54, 1.807) is 13.0 Å². The van der Waals surface area contributed by atoms with Crippen LogP contribution in [0.1, 0.15) is 34.8 Å². The number of alkyl halides is 2. The highest BCUT2D eigenvalue weighted by Crippen LogP contribution is 2.30. The summed E-state index contributed by atoms with van der Waals surface area (Å²) in [6.07, 6.45) is -2.62. The molecule has 1 aromatic carbocycles. The third-order valence-corrected chi connectivity index (χ3v) is 2.48. The molecule has 0 heterocycles. The number of benzene rings is 1. The monoisotopic (exact) mass is 262 g/mol. The summed E-state index contributed by atoms with van der Waals surface area (Å²) in [5.74, 6) is -0.354. The molecule has 0 aliphatic heterocycles. The number of aryl methyl sites for hydroxylation is 1. The predicted molar refractivity (Wildman–Crippen MR) is 53.8 cm³/mol. The zero-order valence-corrected chi connectivity index (χ0v) is 9.36.